The second-order valence-electron chi connectivity index (χ2n) is 3.00. The number of aromatic hydroxyl groups is 1. The van der Waals surface area contributed by atoms with Gasteiger partial charge >= 0.3 is 0 Å². The minimum absolute atomic E-state index is 0.304. The van der Waals surface area contributed by atoms with Crippen molar-refractivity contribution in [2.75, 3.05) is 0 Å². The Hall–Kier alpha value is -1.76. The van der Waals surface area contributed by atoms with Crippen LogP contribution in [0.25, 0.3) is 16.8 Å². The van der Waals surface area contributed by atoms with E-state index in [-0.39, 0.29) is 0 Å². The van der Waals surface area contributed by atoms with Crippen molar-refractivity contribution in [3.8, 4) is 5.75 Å². The molecule has 0 radical (unpaired) electrons. The van der Waals surface area contributed by atoms with Crippen molar-refractivity contribution in [3.05, 3.63) is 48.5 Å². The van der Waals surface area contributed by atoms with Crippen molar-refractivity contribution in [1.82, 2.24) is 0 Å². The molecule has 0 spiro atoms. The fraction of sp³-hybridized carbons (Fsp3) is 0. The minimum Gasteiger partial charge on any atom is -0.508 e. The molecule has 0 aliphatic heterocycles. The van der Waals surface area contributed by atoms with Gasteiger partial charge in [-0.1, -0.05) is 30.9 Å². The van der Waals surface area contributed by atoms with E-state index in [2.05, 4.69) is 6.58 Å². The fourth-order valence-corrected chi connectivity index (χ4v) is 1.38. The summed E-state index contributed by atoms with van der Waals surface area (Å²) in [6, 6.07) is 11.3. The van der Waals surface area contributed by atoms with E-state index in [1.807, 2.05) is 30.3 Å². The van der Waals surface area contributed by atoms with Gasteiger partial charge in [-0.15, -0.1) is 0 Å². The molecule has 0 aromatic heterocycles. The first-order chi connectivity index (χ1) is 6.29. The second-order valence-corrected chi connectivity index (χ2v) is 3.00. The SMILES string of the molecule is C=Cc1ccc2cc(O)ccc2c1. The molecule has 1 heteroatoms. The molecule has 64 valence electrons. The number of benzene rings is 2. The Labute approximate surface area is 76.9 Å². The van der Waals surface area contributed by atoms with Gasteiger partial charge in [-0.05, 0) is 34.5 Å². The van der Waals surface area contributed by atoms with Gasteiger partial charge in [0.2, 0.25) is 0 Å². The molecule has 0 aliphatic carbocycles. The van der Waals surface area contributed by atoms with Gasteiger partial charge in [-0.2, -0.15) is 0 Å². The van der Waals surface area contributed by atoms with Crippen molar-refractivity contribution in [2.45, 2.75) is 0 Å². The fourth-order valence-electron chi connectivity index (χ4n) is 1.38. The van der Waals surface area contributed by atoms with Gasteiger partial charge < -0.3 is 5.11 Å². The number of hydrogen-bond donors (Lipinski definition) is 1. The minimum atomic E-state index is 0.304. The van der Waals surface area contributed by atoms with E-state index in [9.17, 15) is 5.11 Å². The summed E-state index contributed by atoms with van der Waals surface area (Å²) in [5.41, 5.74) is 1.10. The largest absolute Gasteiger partial charge is 0.508 e. The molecule has 0 saturated heterocycles. The lowest BCUT2D eigenvalue weighted by Crippen LogP contribution is -1.74. The summed E-state index contributed by atoms with van der Waals surface area (Å²) in [7, 11) is 0. The first-order valence-corrected chi connectivity index (χ1v) is 4.15. The van der Waals surface area contributed by atoms with Crippen LogP contribution >= 0.6 is 0 Å². The van der Waals surface area contributed by atoms with E-state index in [4.69, 9.17) is 0 Å². The number of fused-ring (bicyclic) bond motifs is 1. The standard InChI is InChI=1S/C12H10O/c1-2-9-3-4-11-8-12(13)6-5-10(11)7-9/h2-8,13H,1H2. The molecule has 13 heavy (non-hydrogen) atoms. The Balaban J connectivity index is 2.73. The lowest BCUT2D eigenvalue weighted by molar-refractivity contribution is 0.476. The zero-order chi connectivity index (χ0) is 9.26. The van der Waals surface area contributed by atoms with Crippen LogP contribution in [0, 0.1) is 0 Å². The molecular formula is C12H10O. The molecule has 0 amide bonds. The molecule has 0 atom stereocenters. The second kappa shape index (κ2) is 2.94. The Morgan fingerprint density at radius 2 is 1.69 bits per heavy atom. The Bertz CT molecular complexity index is 458. The van der Waals surface area contributed by atoms with Crippen LogP contribution in [0.1, 0.15) is 5.56 Å². The predicted molar refractivity (Wildman–Crippen MR) is 55.7 cm³/mol. The van der Waals surface area contributed by atoms with E-state index in [0.29, 0.717) is 5.75 Å². The van der Waals surface area contributed by atoms with Crippen LogP contribution in [0.2, 0.25) is 0 Å². The van der Waals surface area contributed by atoms with Crippen LogP contribution in [-0.4, -0.2) is 5.11 Å². The van der Waals surface area contributed by atoms with Gasteiger partial charge in [-0.25, -0.2) is 0 Å². The summed E-state index contributed by atoms with van der Waals surface area (Å²) in [5, 5.41) is 11.4. The van der Waals surface area contributed by atoms with E-state index in [1.54, 1.807) is 12.1 Å². The topological polar surface area (TPSA) is 20.2 Å². The molecule has 1 N–H and O–H groups in total. The molecule has 0 fully saturated rings. The molecule has 1 nitrogen and oxygen atoms in total. The highest BCUT2D eigenvalue weighted by Crippen LogP contribution is 2.21. The summed E-state index contributed by atoms with van der Waals surface area (Å²) in [5.74, 6) is 0.304. The Morgan fingerprint density at radius 3 is 2.46 bits per heavy atom. The molecule has 0 bridgehead atoms. The first kappa shape index (κ1) is 7.87. The van der Waals surface area contributed by atoms with Gasteiger partial charge in [0.1, 0.15) is 5.75 Å². The van der Waals surface area contributed by atoms with Crippen molar-refractivity contribution >= 4 is 16.8 Å². The molecule has 2 rings (SSSR count). The maximum Gasteiger partial charge on any atom is 0.116 e. The van der Waals surface area contributed by atoms with Crippen LogP contribution in [0.5, 0.6) is 5.75 Å². The number of hydrogen-bond acceptors (Lipinski definition) is 1. The lowest BCUT2D eigenvalue weighted by Gasteiger charge is -1.99. The zero-order valence-corrected chi connectivity index (χ0v) is 7.20. The van der Waals surface area contributed by atoms with Gasteiger partial charge in [0.25, 0.3) is 0 Å². The third-order valence-corrected chi connectivity index (χ3v) is 2.08. The third kappa shape index (κ3) is 1.41. The number of phenolic OH excluding ortho intramolecular Hbond substituents is 1. The highest BCUT2D eigenvalue weighted by molar-refractivity contribution is 5.85. The zero-order valence-electron chi connectivity index (χ0n) is 7.20. The Kier molecular flexibility index (Phi) is 1.78. The van der Waals surface area contributed by atoms with Gasteiger partial charge in [-0.3, -0.25) is 0 Å². The van der Waals surface area contributed by atoms with Gasteiger partial charge in [0, 0.05) is 0 Å². The maximum atomic E-state index is 9.24. The highest BCUT2D eigenvalue weighted by atomic mass is 16.3. The number of phenols is 1. The average Bonchev–Trinajstić information content (AvgIpc) is 2.17. The summed E-state index contributed by atoms with van der Waals surface area (Å²) >= 11 is 0. The maximum absolute atomic E-state index is 9.24. The van der Waals surface area contributed by atoms with E-state index in [0.717, 1.165) is 16.3 Å². The highest BCUT2D eigenvalue weighted by Gasteiger charge is 1.94. The van der Waals surface area contributed by atoms with Crippen molar-refractivity contribution in [1.29, 1.82) is 0 Å². The van der Waals surface area contributed by atoms with Crippen LogP contribution in [0.3, 0.4) is 0 Å². The van der Waals surface area contributed by atoms with Crippen LogP contribution in [0.15, 0.2) is 43.0 Å². The molecule has 0 heterocycles. The molecule has 0 aliphatic rings. The number of rotatable bonds is 1. The summed E-state index contributed by atoms with van der Waals surface area (Å²) in [6.45, 7) is 3.71. The van der Waals surface area contributed by atoms with E-state index >= 15 is 0 Å². The summed E-state index contributed by atoms with van der Waals surface area (Å²) in [4.78, 5) is 0. The van der Waals surface area contributed by atoms with Crippen molar-refractivity contribution < 1.29 is 5.11 Å². The summed E-state index contributed by atoms with van der Waals surface area (Å²) < 4.78 is 0. The van der Waals surface area contributed by atoms with Gasteiger partial charge in [0.05, 0.1) is 0 Å². The van der Waals surface area contributed by atoms with Crippen LogP contribution in [-0.2, 0) is 0 Å². The van der Waals surface area contributed by atoms with Crippen LogP contribution < -0.4 is 0 Å². The smallest absolute Gasteiger partial charge is 0.116 e. The molecule has 0 unspecified atom stereocenters. The molecular weight excluding hydrogens is 160 g/mol. The lowest BCUT2D eigenvalue weighted by atomic mass is 10.1. The van der Waals surface area contributed by atoms with Crippen molar-refractivity contribution in [2.24, 2.45) is 0 Å². The molecule has 2 aromatic carbocycles. The summed E-state index contributed by atoms with van der Waals surface area (Å²) in [6.07, 6.45) is 1.81. The monoisotopic (exact) mass is 170 g/mol. The Morgan fingerprint density at radius 1 is 1.00 bits per heavy atom. The van der Waals surface area contributed by atoms with E-state index in [1.165, 1.54) is 0 Å². The van der Waals surface area contributed by atoms with Crippen molar-refractivity contribution in [3.63, 3.8) is 0 Å². The third-order valence-electron chi connectivity index (χ3n) is 2.08. The van der Waals surface area contributed by atoms with Crippen LogP contribution in [0.4, 0.5) is 0 Å². The first-order valence-electron chi connectivity index (χ1n) is 4.15. The molecule has 0 saturated carbocycles. The van der Waals surface area contributed by atoms with E-state index < -0.39 is 0 Å². The van der Waals surface area contributed by atoms with Gasteiger partial charge in [0.15, 0.2) is 0 Å². The molecule has 2 aromatic rings. The average molecular weight is 170 g/mol. The normalized spacial score (nSPS) is 10.2. The quantitative estimate of drug-likeness (QED) is 0.696. The predicted octanol–water partition coefficient (Wildman–Crippen LogP) is 3.19.